The van der Waals surface area contributed by atoms with E-state index in [1.165, 1.54) is 12.1 Å². The Bertz CT molecular complexity index is 248. The Morgan fingerprint density at radius 3 is 2.73 bits per heavy atom. The number of benzene rings is 1. The quantitative estimate of drug-likeness (QED) is 0.642. The molecule has 0 heterocycles. The molecule has 0 unspecified atom stereocenters. The Balaban J connectivity index is 2.90. The number of halogens is 2. The lowest BCUT2D eigenvalue weighted by Crippen LogP contribution is -1.93. The van der Waals surface area contributed by atoms with Crippen molar-refractivity contribution in [2.45, 2.75) is 6.92 Å². The third kappa shape index (κ3) is 1.90. The highest BCUT2D eigenvalue weighted by Crippen LogP contribution is 2.17. The van der Waals surface area contributed by atoms with Gasteiger partial charge in [0.1, 0.15) is 0 Å². The lowest BCUT2D eigenvalue weighted by atomic mass is 10.2. The second-order valence-electron chi connectivity index (χ2n) is 2.19. The van der Waals surface area contributed by atoms with Crippen molar-refractivity contribution in [1.29, 1.82) is 0 Å². The van der Waals surface area contributed by atoms with E-state index in [1.807, 2.05) is 0 Å². The van der Waals surface area contributed by atoms with Crippen LogP contribution in [0.4, 0.5) is 8.78 Å². The molecule has 0 atom stereocenters. The summed E-state index contributed by atoms with van der Waals surface area (Å²) < 4.78 is 28.7. The molecule has 0 bridgehead atoms. The fourth-order valence-corrected chi connectivity index (χ4v) is 0.782. The maximum absolute atomic E-state index is 12.7. The molecule has 0 aliphatic carbocycles. The average molecular weight is 158 g/mol. The third-order valence-corrected chi connectivity index (χ3v) is 1.30. The molecular formula is C8H8F2O. The maximum atomic E-state index is 12.7. The fraction of sp³-hybridized carbons (Fsp3) is 0.250. The van der Waals surface area contributed by atoms with E-state index in [9.17, 15) is 8.78 Å². The summed E-state index contributed by atoms with van der Waals surface area (Å²) in [6, 6.07) is 4.36. The Kier molecular flexibility index (Phi) is 2.41. The molecule has 1 rings (SSSR count). The van der Waals surface area contributed by atoms with Gasteiger partial charge in [-0.2, -0.15) is 0 Å². The summed E-state index contributed by atoms with van der Waals surface area (Å²) in [4.78, 5) is 0. The molecule has 0 aromatic heterocycles. The zero-order valence-corrected chi connectivity index (χ0v) is 6.10. The van der Waals surface area contributed by atoms with Gasteiger partial charge < -0.3 is 4.74 Å². The van der Waals surface area contributed by atoms with Gasteiger partial charge in [-0.05, 0) is 24.6 Å². The number of hydrogen-bond donors (Lipinski definition) is 0. The van der Waals surface area contributed by atoms with Crippen LogP contribution in [0.3, 0.4) is 0 Å². The summed E-state index contributed by atoms with van der Waals surface area (Å²) in [5.41, 5.74) is 0.786. The van der Waals surface area contributed by atoms with E-state index in [-0.39, 0.29) is 5.75 Å². The maximum Gasteiger partial charge on any atom is 0.228 e. The Labute approximate surface area is 63.6 Å². The van der Waals surface area contributed by atoms with Crippen LogP contribution in [0, 0.1) is 12.7 Å². The molecule has 0 radical (unpaired) electrons. The van der Waals surface area contributed by atoms with E-state index in [4.69, 9.17) is 0 Å². The topological polar surface area (TPSA) is 9.23 Å². The summed E-state index contributed by atoms with van der Waals surface area (Å²) in [5.74, 6) is -0.569. The number of hydrogen-bond acceptors (Lipinski definition) is 1. The highest BCUT2D eigenvalue weighted by molar-refractivity contribution is 5.28. The standard InChI is InChI=1S/C8H8F2O/c1-6-2-3-8(11-5-9)7(10)4-6/h2-4H,5H2,1H3. The largest absolute Gasteiger partial charge is 0.460 e. The van der Waals surface area contributed by atoms with Gasteiger partial charge in [-0.15, -0.1) is 0 Å². The molecule has 1 nitrogen and oxygen atoms in total. The first-order chi connectivity index (χ1) is 5.24. The lowest BCUT2D eigenvalue weighted by Gasteiger charge is -2.02. The van der Waals surface area contributed by atoms with Crippen LogP contribution in [0.25, 0.3) is 0 Å². The Morgan fingerprint density at radius 2 is 2.18 bits per heavy atom. The second-order valence-corrected chi connectivity index (χ2v) is 2.19. The van der Waals surface area contributed by atoms with Crippen LogP contribution >= 0.6 is 0 Å². The fourth-order valence-electron chi connectivity index (χ4n) is 0.782. The van der Waals surface area contributed by atoms with Gasteiger partial charge in [0.25, 0.3) is 0 Å². The monoisotopic (exact) mass is 158 g/mol. The molecule has 0 saturated carbocycles. The molecule has 0 spiro atoms. The minimum Gasteiger partial charge on any atom is -0.460 e. The van der Waals surface area contributed by atoms with E-state index in [0.717, 1.165) is 5.56 Å². The second kappa shape index (κ2) is 3.32. The van der Waals surface area contributed by atoms with E-state index in [1.54, 1.807) is 13.0 Å². The summed E-state index contributed by atoms with van der Waals surface area (Å²) in [6.07, 6.45) is 0. The van der Waals surface area contributed by atoms with Crippen LogP contribution in [0.5, 0.6) is 5.75 Å². The first-order valence-electron chi connectivity index (χ1n) is 3.19. The number of aryl methyl sites for hydroxylation is 1. The minimum absolute atomic E-state index is 0.0434. The van der Waals surface area contributed by atoms with Gasteiger partial charge in [0.15, 0.2) is 11.6 Å². The van der Waals surface area contributed by atoms with Crippen molar-refractivity contribution in [1.82, 2.24) is 0 Å². The first kappa shape index (κ1) is 7.98. The SMILES string of the molecule is Cc1ccc(OCF)c(F)c1. The van der Waals surface area contributed by atoms with Gasteiger partial charge in [0, 0.05) is 0 Å². The van der Waals surface area contributed by atoms with E-state index in [2.05, 4.69) is 4.74 Å². The van der Waals surface area contributed by atoms with E-state index < -0.39 is 12.7 Å². The molecule has 0 N–H and O–H groups in total. The van der Waals surface area contributed by atoms with Crippen molar-refractivity contribution >= 4 is 0 Å². The number of alkyl halides is 1. The van der Waals surface area contributed by atoms with E-state index >= 15 is 0 Å². The Morgan fingerprint density at radius 1 is 1.45 bits per heavy atom. The van der Waals surface area contributed by atoms with Crippen LogP contribution in [-0.2, 0) is 0 Å². The molecule has 60 valence electrons. The highest BCUT2D eigenvalue weighted by Gasteiger charge is 2.01. The molecule has 0 aliphatic rings. The van der Waals surface area contributed by atoms with Crippen LogP contribution in [0.2, 0.25) is 0 Å². The van der Waals surface area contributed by atoms with Gasteiger partial charge in [0.2, 0.25) is 6.86 Å². The predicted molar refractivity (Wildman–Crippen MR) is 37.7 cm³/mol. The summed E-state index contributed by atoms with van der Waals surface area (Å²) in [6.45, 7) is 0.752. The molecule has 0 aliphatic heterocycles. The molecule has 11 heavy (non-hydrogen) atoms. The van der Waals surface area contributed by atoms with Gasteiger partial charge >= 0.3 is 0 Å². The smallest absolute Gasteiger partial charge is 0.228 e. The third-order valence-electron chi connectivity index (χ3n) is 1.30. The lowest BCUT2D eigenvalue weighted by molar-refractivity contribution is 0.184. The zero-order chi connectivity index (χ0) is 8.27. The normalized spacial score (nSPS) is 9.73. The Hall–Kier alpha value is -1.12. The molecule has 0 saturated heterocycles. The molecular weight excluding hydrogens is 150 g/mol. The molecule has 1 aromatic carbocycles. The van der Waals surface area contributed by atoms with Crippen LogP contribution in [-0.4, -0.2) is 6.86 Å². The van der Waals surface area contributed by atoms with Crippen molar-refractivity contribution in [3.05, 3.63) is 29.6 Å². The van der Waals surface area contributed by atoms with Gasteiger partial charge in [0.05, 0.1) is 0 Å². The summed E-state index contributed by atoms with van der Waals surface area (Å²) >= 11 is 0. The van der Waals surface area contributed by atoms with Crippen LogP contribution in [0.1, 0.15) is 5.56 Å². The van der Waals surface area contributed by atoms with Gasteiger partial charge in [-0.1, -0.05) is 6.07 Å². The van der Waals surface area contributed by atoms with Gasteiger partial charge in [-0.25, -0.2) is 8.78 Å². The average Bonchev–Trinajstić information content (AvgIpc) is 1.95. The molecule has 0 fully saturated rings. The molecule has 0 amide bonds. The zero-order valence-electron chi connectivity index (χ0n) is 6.10. The number of rotatable bonds is 2. The van der Waals surface area contributed by atoms with Crippen LogP contribution in [0.15, 0.2) is 18.2 Å². The minimum atomic E-state index is -1.00. The predicted octanol–water partition coefficient (Wildman–Crippen LogP) is 2.44. The molecule has 3 heteroatoms. The van der Waals surface area contributed by atoms with Crippen LogP contribution < -0.4 is 4.74 Å². The summed E-state index contributed by atoms with van der Waals surface area (Å²) in [7, 11) is 0. The first-order valence-corrected chi connectivity index (χ1v) is 3.19. The van der Waals surface area contributed by atoms with Crippen molar-refractivity contribution < 1.29 is 13.5 Å². The van der Waals surface area contributed by atoms with Crippen molar-refractivity contribution in [2.24, 2.45) is 0 Å². The highest BCUT2D eigenvalue weighted by atomic mass is 19.1. The van der Waals surface area contributed by atoms with Crippen molar-refractivity contribution in [3.63, 3.8) is 0 Å². The summed E-state index contributed by atoms with van der Waals surface area (Å²) in [5, 5.41) is 0. The number of ether oxygens (including phenoxy) is 1. The van der Waals surface area contributed by atoms with Crippen molar-refractivity contribution in [3.8, 4) is 5.75 Å². The molecule has 1 aromatic rings. The van der Waals surface area contributed by atoms with Crippen molar-refractivity contribution in [2.75, 3.05) is 6.86 Å². The van der Waals surface area contributed by atoms with E-state index in [0.29, 0.717) is 0 Å². The van der Waals surface area contributed by atoms with Gasteiger partial charge in [-0.3, -0.25) is 0 Å².